The van der Waals surface area contributed by atoms with Gasteiger partial charge in [-0.2, -0.15) is 5.10 Å². The Morgan fingerprint density at radius 2 is 2.46 bits per heavy atom. The predicted octanol–water partition coefficient (Wildman–Crippen LogP) is 0.361. The van der Waals surface area contributed by atoms with Gasteiger partial charge in [-0.15, -0.1) is 0 Å². The van der Waals surface area contributed by atoms with Gasteiger partial charge in [0.15, 0.2) is 0 Å². The number of rotatable bonds is 3. The minimum Gasteiger partial charge on any atom is -0.322 e. The molecular weight excluding hydrogens is 168 g/mol. The molecule has 0 saturated carbocycles. The van der Waals surface area contributed by atoms with E-state index in [1.807, 2.05) is 13.8 Å². The fraction of sp³-hybridized carbons (Fsp3) is 0.500. The first kappa shape index (κ1) is 9.73. The van der Waals surface area contributed by atoms with Crippen molar-refractivity contribution < 1.29 is 4.79 Å². The summed E-state index contributed by atoms with van der Waals surface area (Å²) in [6.45, 7) is 4.02. The molecule has 5 heteroatoms. The third-order valence-corrected chi connectivity index (χ3v) is 1.60. The molecule has 0 atom stereocenters. The van der Waals surface area contributed by atoms with Crippen LogP contribution in [0.15, 0.2) is 12.4 Å². The standard InChI is InChI=1S/C8H14N4O/c1-6(2)12-5-7(4-10-12)11-8(13)3-9/h4-6H,3,9H2,1-2H3,(H,11,13). The van der Waals surface area contributed by atoms with Gasteiger partial charge in [0.05, 0.1) is 18.4 Å². The Labute approximate surface area is 76.9 Å². The van der Waals surface area contributed by atoms with Crippen molar-refractivity contribution in [1.82, 2.24) is 9.78 Å². The maximum atomic E-state index is 10.9. The quantitative estimate of drug-likeness (QED) is 0.709. The monoisotopic (exact) mass is 182 g/mol. The second-order valence-electron chi connectivity index (χ2n) is 3.06. The second-order valence-corrected chi connectivity index (χ2v) is 3.06. The zero-order valence-electron chi connectivity index (χ0n) is 7.82. The first-order valence-corrected chi connectivity index (χ1v) is 4.17. The SMILES string of the molecule is CC(C)n1cc(NC(=O)CN)cn1. The summed E-state index contributed by atoms with van der Waals surface area (Å²) in [5, 5.41) is 6.68. The smallest absolute Gasteiger partial charge is 0.238 e. The minimum atomic E-state index is -0.205. The van der Waals surface area contributed by atoms with Gasteiger partial charge in [-0.1, -0.05) is 0 Å². The van der Waals surface area contributed by atoms with Crippen LogP contribution in [-0.4, -0.2) is 22.2 Å². The van der Waals surface area contributed by atoms with Gasteiger partial charge in [-0.25, -0.2) is 0 Å². The summed E-state index contributed by atoms with van der Waals surface area (Å²) in [5.74, 6) is -0.205. The third kappa shape index (κ3) is 2.55. The number of aromatic nitrogens is 2. The van der Waals surface area contributed by atoms with Crippen LogP contribution < -0.4 is 11.1 Å². The molecule has 1 aromatic heterocycles. The highest BCUT2D eigenvalue weighted by Crippen LogP contribution is 2.09. The fourth-order valence-corrected chi connectivity index (χ4v) is 0.897. The lowest BCUT2D eigenvalue weighted by Crippen LogP contribution is -2.21. The van der Waals surface area contributed by atoms with Crippen LogP contribution in [0.3, 0.4) is 0 Å². The largest absolute Gasteiger partial charge is 0.322 e. The second kappa shape index (κ2) is 4.04. The van der Waals surface area contributed by atoms with E-state index in [1.54, 1.807) is 17.1 Å². The zero-order valence-corrected chi connectivity index (χ0v) is 7.82. The molecule has 0 aliphatic heterocycles. The highest BCUT2D eigenvalue weighted by Gasteiger charge is 2.03. The summed E-state index contributed by atoms with van der Waals surface area (Å²) < 4.78 is 1.77. The van der Waals surface area contributed by atoms with Crippen LogP contribution in [0.5, 0.6) is 0 Å². The molecule has 1 heterocycles. The highest BCUT2D eigenvalue weighted by atomic mass is 16.1. The summed E-state index contributed by atoms with van der Waals surface area (Å²) in [4.78, 5) is 10.9. The third-order valence-electron chi connectivity index (χ3n) is 1.60. The first-order chi connectivity index (χ1) is 6.13. The normalized spacial score (nSPS) is 10.5. The summed E-state index contributed by atoms with van der Waals surface area (Å²) >= 11 is 0. The van der Waals surface area contributed by atoms with Crippen LogP contribution in [0.4, 0.5) is 5.69 Å². The van der Waals surface area contributed by atoms with Gasteiger partial charge < -0.3 is 11.1 Å². The Hall–Kier alpha value is -1.36. The van der Waals surface area contributed by atoms with Crippen LogP contribution in [0, 0.1) is 0 Å². The molecule has 13 heavy (non-hydrogen) atoms. The Kier molecular flexibility index (Phi) is 3.02. The van der Waals surface area contributed by atoms with Gasteiger partial charge in [0, 0.05) is 12.2 Å². The molecule has 3 N–H and O–H groups in total. The van der Waals surface area contributed by atoms with Crippen molar-refractivity contribution in [1.29, 1.82) is 0 Å². The molecule has 0 aromatic carbocycles. The van der Waals surface area contributed by atoms with E-state index in [9.17, 15) is 4.79 Å². The number of hydrogen-bond acceptors (Lipinski definition) is 3. The molecule has 0 saturated heterocycles. The van der Waals surface area contributed by atoms with Crippen molar-refractivity contribution in [3.05, 3.63) is 12.4 Å². The number of nitrogens with two attached hydrogens (primary N) is 1. The van der Waals surface area contributed by atoms with Crippen molar-refractivity contribution in [3.63, 3.8) is 0 Å². The maximum Gasteiger partial charge on any atom is 0.238 e. The zero-order chi connectivity index (χ0) is 9.84. The Balaban J connectivity index is 2.64. The van der Waals surface area contributed by atoms with Gasteiger partial charge in [0.25, 0.3) is 0 Å². The number of amides is 1. The molecule has 1 amide bonds. The Bertz CT molecular complexity index is 292. The van der Waals surface area contributed by atoms with Crippen molar-refractivity contribution in [2.45, 2.75) is 19.9 Å². The number of anilines is 1. The molecule has 0 radical (unpaired) electrons. The molecule has 0 spiro atoms. The van der Waals surface area contributed by atoms with Gasteiger partial charge in [-0.05, 0) is 13.8 Å². The van der Waals surface area contributed by atoms with Crippen LogP contribution >= 0.6 is 0 Å². The van der Waals surface area contributed by atoms with Gasteiger partial charge >= 0.3 is 0 Å². The van der Waals surface area contributed by atoms with E-state index < -0.39 is 0 Å². The van der Waals surface area contributed by atoms with Crippen molar-refractivity contribution in [2.75, 3.05) is 11.9 Å². The minimum absolute atomic E-state index is 0.00708. The summed E-state index contributed by atoms with van der Waals surface area (Å²) in [6.07, 6.45) is 3.38. The predicted molar refractivity (Wildman–Crippen MR) is 50.3 cm³/mol. The molecule has 0 aliphatic rings. The topological polar surface area (TPSA) is 72.9 Å². The number of carbonyl (C=O) groups excluding carboxylic acids is 1. The molecule has 0 aliphatic carbocycles. The van der Waals surface area contributed by atoms with Crippen molar-refractivity contribution in [3.8, 4) is 0 Å². The average molecular weight is 182 g/mol. The van der Waals surface area contributed by atoms with E-state index in [-0.39, 0.29) is 12.5 Å². The lowest BCUT2D eigenvalue weighted by molar-refractivity contribution is -0.114. The Morgan fingerprint density at radius 3 is 2.92 bits per heavy atom. The van der Waals surface area contributed by atoms with Gasteiger partial charge in [-0.3, -0.25) is 9.48 Å². The van der Waals surface area contributed by atoms with Crippen LogP contribution in [0.2, 0.25) is 0 Å². The van der Waals surface area contributed by atoms with Gasteiger partial charge in [0.1, 0.15) is 0 Å². The first-order valence-electron chi connectivity index (χ1n) is 4.17. The van der Waals surface area contributed by atoms with E-state index >= 15 is 0 Å². The van der Waals surface area contributed by atoms with Crippen molar-refractivity contribution >= 4 is 11.6 Å². The van der Waals surface area contributed by atoms with E-state index in [0.717, 1.165) is 0 Å². The fourth-order valence-electron chi connectivity index (χ4n) is 0.897. The van der Waals surface area contributed by atoms with Crippen LogP contribution in [0.1, 0.15) is 19.9 Å². The maximum absolute atomic E-state index is 10.9. The summed E-state index contributed by atoms with van der Waals surface area (Å²) in [7, 11) is 0. The van der Waals surface area contributed by atoms with Crippen molar-refractivity contribution in [2.24, 2.45) is 5.73 Å². The number of hydrogen-bond donors (Lipinski definition) is 2. The van der Waals surface area contributed by atoms with Crippen LogP contribution in [-0.2, 0) is 4.79 Å². The van der Waals surface area contributed by atoms with E-state index in [1.165, 1.54) is 0 Å². The number of nitrogens with zero attached hydrogens (tertiary/aromatic N) is 2. The molecule has 1 rings (SSSR count). The number of nitrogens with one attached hydrogen (secondary N) is 1. The van der Waals surface area contributed by atoms with Gasteiger partial charge in [0.2, 0.25) is 5.91 Å². The molecule has 0 unspecified atom stereocenters. The average Bonchev–Trinajstić information content (AvgIpc) is 2.52. The van der Waals surface area contributed by atoms with Crippen LogP contribution in [0.25, 0.3) is 0 Å². The summed E-state index contributed by atoms with van der Waals surface area (Å²) in [6, 6.07) is 0.295. The van der Waals surface area contributed by atoms with E-state index in [2.05, 4.69) is 10.4 Å². The molecule has 5 nitrogen and oxygen atoms in total. The van der Waals surface area contributed by atoms with E-state index in [0.29, 0.717) is 11.7 Å². The lowest BCUT2D eigenvalue weighted by Gasteiger charge is -2.03. The summed E-state index contributed by atoms with van der Waals surface area (Å²) in [5.41, 5.74) is 5.83. The molecular formula is C8H14N4O. The van der Waals surface area contributed by atoms with E-state index in [4.69, 9.17) is 5.73 Å². The molecule has 0 fully saturated rings. The molecule has 1 aromatic rings. The molecule has 0 bridgehead atoms. The Morgan fingerprint density at radius 1 is 1.77 bits per heavy atom. The molecule has 72 valence electrons. The highest BCUT2D eigenvalue weighted by molar-refractivity contribution is 5.91. The lowest BCUT2D eigenvalue weighted by atomic mass is 10.4. The number of carbonyl (C=O) groups is 1.